The summed E-state index contributed by atoms with van der Waals surface area (Å²) in [5, 5.41) is 23.4. The predicted molar refractivity (Wildman–Crippen MR) is 125 cm³/mol. The highest BCUT2D eigenvalue weighted by molar-refractivity contribution is 6.09. The number of aromatic hydroxyl groups is 1. The third-order valence-corrected chi connectivity index (χ3v) is 6.69. The number of hydrogen-bond acceptors (Lipinski definition) is 6. The monoisotopic (exact) mass is 464 g/mol. The van der Waals surface area contributed by atoms with E-state index in [2.05, 4.69) is 5.32 Å². The van der Waals surface area contributed by atoms with Crippen LogP contribution >= 0.6 is 0 Å². The number of rotatable bonds is 8. The number of carboxylic acid groups (broad SMARTS) is 1. The molecule has 0 spiro atoms. The summed E-state index contributed by atoms with van der Waals surface area (Å²) < 4.78 is 5.15. The number of likely N-dealkylation sites (tertiary alicyclic amines) is 1. The number of carbonyl (C=O) groups is 3. The van der Waals surface area contributed by atoms with Gasteiger partial charge in [0.15, 0.2) is 17.0 Å². The third-order valence-electron chi connectivity index (χ3n) is 6.69. The van der Waals surface area contributed by atoms with Gasteiger partial charge >= 0.3 is 5.97 Å². The Hall–Kier alpha value is -3.65. The van der Waals surface area contributed by atoms with Gasteiger partial charge in [0.25, 0.3) is 0 Å². The van der Waals surface area contributed by atoms with Gasteiger partial charge in [-0.05, 0) is 29.7 Å². The molecule has 2 heterocycles. The lowest BCUT2D eigenvalue weighted by Crippen LogP contribution is -2.54. The number of aliphatic carboxylic acids is 1. The van der Waals surface area contributed by atoms with Gasteiger partial charge in [0, 0.05) is 12.6 Å². The molecule has 8 heteroatoms. The Balaban J connectivity index is 1.78. The van der Waals surface area contributed by atoms with Crippen molar-refractivity contribution in [3.8, 4) is 11.5 Å². The number of ether oxygens (including phenoxy) is 1. The number of fused-ring (bicyclic) bond motifs is 1. The summed E-state index contributed by atoms with van der Waals surface area (Å²) in [4.78, 5) is 40.9. The normalized spacial score (nSPS) is 26.3. The zero-order chi connectivity index (χ0) is 24.5. The van der Waals surface area contributed by atoms with E-state index in [-0.39, 0.29) is 18.2 Å². The average Bonchev–Trinajstić information content (AvgIpc) is 3.32. The zero-order valence-corrected chi connectivity index (χ0v) is 19.1. The van der Waals surface area contributed by atoms with Crippen molar-refractivity contribution in [2.75, 3.05) is 13.7 Å². The van der Waals surface area contributed by atoms with E-state index in [1.165, 1.54) is 18.1 Å². The van der Waals surface area contributed by atoms with Crippen LogP contribution in [0.4, 0.5) is 0 Å². The molecule has 2 fully saturated rings. The summed E-state index contributed by atoms with van der Waals surface area (Å²) in [7, 11) is 1.44. The molecule has 8 nitrogen and oxygen atoms in total. The fourth-order valence-corrected chi connectivity index (χ4v) is 5.01. The summed E-state index contributed by atoms with van der Waals surface area (Å²) in [5.41, 5.74) is -0.611. The third kappa shape index (κ3) is 3.74. The second kappa shape index (κ2) is 9.30. The predicted octanol–water partition coefficient (Wildman–Crippen LogP) is 2.77. The maximum Gasteiger partial charge on any atom is 0.329 e. The summed E-state index contributed by atoms with van der Waals surface area (Å²) in [6.45, 7) is 2.24. The van der Waals surface area contributed by atoms with E-state index in [0.717, 1.165) is 6.42 Å². The fourth-order valence-electron chi connectivity index (χ4n) is 5.01. The molecule has 2 aliphatic rings. The molecular weight excluding hydrogens is 436 g/mol. The Morgan fingerprint density at radius 2 is 1.91 bits per heavy atom. The summed E-state index contributed by atoms with van der Waals surface area (Å²) in [5.74, 6) is -3.64. The molecule has 4 atom stereocenters. The van der Waals surface area contributed by atoms with Crippen molar-refractivity contribution >= 4 is 23.9 Å². The van der Waals surface area contributed by atoms with Crippen molar-refractivity contribution in [2.24, 2.45) is 11.8 Å². The number of carbonyl (C=O) groups excluding carboxylic acids is 2. The van der Waals surface area contributed by atoms with Gasteiger partial charge in [-0.25, -0.2) is 4.79 Å². The fraction of sp³-hybridized carbons (Fsp3) is 0.346. The number of nitrogens with zero attached hydrogens (tertiary/aromatic N) is 1. The Kier molecular flexibility index (Phi) is 6.43. The first-order chi connectivity index (χ1) is 16.3. The minimum Gasteiger partial charge on any atom is -0.504 e. The molecule has 0 saturated carbocycles. The SMILES string of the molecule is CCCCN1C(=O)C2C(/C=C/c3ccc(O)c(OC)c3)NC(C(=O)O)(c3ccccc3)C2C1=O. The Labute approximate surface area is 197 Å². The quantitative estimate of drug-likeness (QED) is 0.515. The van der Waals surface area contributed by atoms with Crippen LogP contribution in [0.5, 0.6) is 11.5 Å². The van der Waals surface area contributed by atoms with Crippen molar-refractivity contribution in [1.29, 1.82) is 0 Å². The van der Waals surface area contributed by atoms with Gasteiger partial charge in [0.05, 0.1) is 18.9 Å². The molecule has 0 aliphatic carbocycles. The van der Waals surface area contributed by atoms with Crippen LogP contribution in [0.2, 0.25) is 0 Å². The Bertz CT molecular complexity index is 1130. The van der Waals surface area contributed by atoms with Crippen molar-refractivity contribution in [1.82, 2.24) is 10.2 Å². The van der Waals surface area contributed by atoms with Crippen molar-refractivity contribution in [3.05, 3.63) is 65.7 Å². The number of benzene rings is 2. The number of hydrogen-bond donors (Lipinski definition) is 3. The molecule has 34 heavy (non-hydrogen) atoms. The molecule has 4 rings (SSSR count). The van der Waals surface area contributed by atoms with Crippen LogP contribution in [0.1, 0.15) is 30.9 Å². The summed E-state index contributed by atoms with van der Waals surface area (Å²) in [6, 6.07) is 12.7. The van der Waals surface area contributed by atoms with Crippen LogP contribution in [0, 0.1) is 11.8 Å². The first-order valence-corrected chi connectivity index (χ1v) is 11.3. The number of methoxy groups -OCH3 is 1. The number of amides is 2. The molecule has 2 amide bonds. The molecule has 4 unspecified atom stereocenters. The van der Waals surface area contributed by atoms with E-state index in [9.17, 15) is 24.6 Å². The Morgan fingerprint density at radius 3 is 2.56 bits per heavy atom. The lowest BCUT2D eigenvalue weighted by Gasteiger charge is -2.31. The molecule has 0 radical (unpaired) electrons. The van der Waals surface area contributed by atoms with Crippen molar-refractivity contribution in [2.45, 2.75) is 31.3 Å². The standard InChI is InChI=1S/C26H28N2O6/c1-3-4-14-28-23(30)21-18(12-10-16-11-13-19(29)20(15-16)34-2)27-26(25(32)33,22(21)24(28)31)17-8-6-5-7-9-17/h5-13,15,18,21-22,27,29H,3-4,14H2,1-2H3,(H,32,33)/b12-10+. The highest BCUT2D eigenvalue weighted by atomic mass is 16.5. The van der Waals surface area contributed by atoms with Gasteiger partial charge in [0.1, 0.15) is 0 Å². The van der Waals surface area contributed by atoms with E-state index in [1.807, 2.05) is 6.92 Å². The van der Waals surface area contributed by atoms with Gasteiger partial charge in [-0.1, -0.05) is 61.9 Å². The number of phenolic OH excluding ortho intramolecular Hbond substituents is 1. The molecule has 178 valence electrons. The minimum absolute atomic E-state index is 0.00388. The van der Waals surface area contributed by atoms with Crippen LogP contribution < -0.4 is 10.1 Å². The first kappa shape index (κ1) is 23.5. The topological polar surface area (TPSA) is 116 Å². The van der Waals surface area contributed by atoms with Crippen LogP contribution in [-0.4, -0.2) is 52.6 Å². The molecular formula is C26H28N2O6. The number of nitrogens with one attached hydrogen (secondary N) is 1. The van der Waals surface area contributed by atoms with Crippen LogP contribution in [0.15, 0.2) is 54.6 Å². The highest BCUT2D eigenvalue weighted by Gasteiger charge is 2.68. The van der Waals surface area contributed by atoms with Crippen LogP contribution in [-0.2, 0) is 19.9 Å². The second-order valence-electron chi connectivity index (χ2n) is 8.62. The largest absolute Gasteiger partial charge is 0.504 e. The molecule has 2 aromatic carbocycles. The maximum atomic E-state index is 13.5. The molecule has 2 aliphatic heterocycles. The molecule has 2 saturated heterocycles. The van der Waals surface area contributed by atoms with Crippen LogP contribution in [0.25, 0.3) is 6.08 Å². The maximum absolute atomic E-state index is 13.5. The first-order valence-electron chi connectivity index (χ1n) is 11.3. The van der Waals surface area contributed by atoms with Crippen LogP contribution in [0.3, 0.4) is 0 Å². The number of imide groups is 1. The van der Waals surface area contributed by atoms with Gasteiger partial charge < -0.3 is 14.9 Å². The van der Waals surface area contributed by atoms with Gasteiger partial charge in [0.2, 0.25) is 11.8 Å². The average molecular weight is 465 g/mol. The van der Waals surface area contributed by atoms with E-state index < -0.39 is 35.3 Å². The molecule has 0 bridgehead atoms. The molecule has 0 aromatic heterocycles. The molecule has 2 aromatic rings. The van der Waals surface area contributed by atoms with E-state index >= 15 is 0 Å². The number of phenols is 1. The van der Waals surface area contributed by atoms with Crippen molar-refractivity contribution in [3.63, 3.8) is 0 Å². The summed E-state index contributed by atoms with van der Waals surface area (Å²) >= 11 is 0. The van der Waals surface area contributed by atoms with E-state index in [0.29, 0.717) is 23.3 Å². The summed E-state index contributed by atoms with van der Waals surface area (Å²) in [6.07, 6.45) is 4.90. The number of unbranched alkanes of at least 4 members (excludes halogenated alkanes) is 1. The number of carboxylic acids is 1. The van der Waals surface area contributed by atoms with Crippen molar-refractivity contribution < 1.29 is 29.3 Å². The van der Waals surface area contributed by atoms with Gasteiger partial charge in [-0.15, -0.1) is 0 Å². The zero-order valence-electron chi connectivity index (χ0n) is 19.1. The molecule has 3 N–H and O–H groups in total. The van der Waals surface area contributed by atoms with E-state index in [1.54, 1.807) is 54.6 Å². The Morgan fingerprint density at radius 1 is 1.18 bits per heavy atom. The van der Waals surface area contributed by atoms with Gasteiger partial charge in [-0.2, -0.15) is 0 Å². The van der Waals surface area contributed by atoms with E-state index in [4.69, 9.17) is 4.74 Å². The second-order valence-corrected chi connectivity index (χ2v) is 8.62. The van der Waals surface area contributed by atoms with Gasteiger partial charge in [-0.3, -0.25) is 19.8 Å². The highest BCUT2D eigenvalue weighted by Crippen LogP contribution is 2.48. The lowest BCUT2D eigenvalue weighted by atomic mass is 9.76. The smallest absolute Gasteiger partial charge is 0.329 e. The lowest BCUT2D eigenvalue weighted by molar-refractivity contribution is -0.152. The minimum atomic E-state index is -1.73.